The highest BCUT2D eigenvalue weighted by atomic mass is 16.5. The molecule has 2 aliphatic rings. The molecule has 1 unspecified atom stereocenters. The van der Waals surface area contributed by atoms with E-state index in [4.69, 9.17) is 10.5 Å². The molecule has 324 valence electrons. The third kappa shape index (κ3) is 11.6. The van der Waals surface area contributed by atoms with Gasteiger partial charge < -0.3 is 36.4 Å². The fraction of sp³-hybridized carbons (Fsp3) is 0.467. The van der Waals surface area contributed by atoms with Gasteiger partial charge in [0.2, 0.25) is 17.6 Å². The number of carbonyl (C=O) groups is 6. The smallest absolute Gasteiger partial charge is 0.407 e. The number of nitrogens with one attached hydrogen (secondary N) is 3. The molecule has 16 heteroatoms. The van der Waals surface area contributed by atoms with E-state index in [1.54, 1.807) is 26.0 Å². The fourth-order valence-electron chi connectivity index (χ4n) is 8.42. The van der Waals surface area contributed by atoms with Gasteiger partial charge >= 0.3 is 6.09 Å². The minimum absolute atomic E-state index is 0.0187. The van der Waals surface area contributed by atoms with Crippen molar-refractivity contribution in [3.05, 3.63) is 95.8 Å². The monoisotopic (exact) mass is 836 g/mol. The first kappa shape index (κ1) is 44.4. The van der Waals surface area contributed by atoms with Gasteiger partial charge in [-0.2, -0.15) is 0 Å². The van der Waals surface area contributed by atoms with Gasteiger partial charge in [0.15, 0.2) is 0 Å². The third-order valence-electron chi connectivity index (χ3n) is 11.6. The molecular formula is C45H56N8O8. The number of nitrogens with zero attached hydrogens (tertiary/aromatic N) is 4. The van der Waals surface area contributed by atoms with Crippen LogP contribution >= 0.6 is 0 Å². The molecule has 1 saturated heterocycles. The maximum atomic E-state index is 15.0. The number of fused-ring (bicyclic) bond motifs is 1. The van der Waals surface area contributed by atoms with Crippen LogP contribution in [0.15, 0.2) is 79.0 Å². The Labute approximate surface area is 354 Å². The summed E-state index contributed by atoms with van der Waals surface area (Å²) in [6.45, 7) is 3.45. The van der Waals surface area contributed by atoms with Gasteiger partial charge in [-0.15, -0.1) is 5.10 Å². The predicted molar refractivity (Wildman–Crippen MR) is 225 cm³/mol. The van der Waals surface area contributed by atoms with Crippen LogP contribution in [0.3, 0.4) is 0 Å². The topological polar surface area (TPSA) is 228 Å². The summed E-state index contributed by atoms with van der Waals surface area (Å²) in [6.07, 6.45) is 6.84. The lowest BCUT2D eigenvalue weighted by Gasteiger charge is -2.32. The first-order valence-corrected chi connectivity index (χ1v) is 21.1. The second-order valence-corrected chi connectivity index (χ2v) is 16.6. The Morgan fingerprint density at radius 2 is 1.62 bits per heavy atom. The Kier molecular flexibility index (Phi) is 14.8. The molecule has 16 nitrogen and oxygen atoms in total. The van der Waals surface area contributed by atoms with E-state index in [0.717, 1.165) is 48.4 Å². The van der Waals surface area contributed by atoms with E-state index in [1.807, 2.05) is 60.7 Å². The zero-order valence-electron chi connectivity index (χ0n) is 34.8. The van der Waals surface area contributed by atoms with E-state index in [9.17, 15) is 33.9 Å². The zero-order valence-corrected chi connectivity index (χ0v) is 34.8. The summed E-state index contributed by atoms with van der Waals surface area (Å²) in [4.78, 5) is 82.4. The number of nitrogens with two attached hydrogens (primary N) is 1. The predicted octanol–water partition coefficient (Wildman–Crippen LogP) is 4.21. The second-order valence-electron chi connectivity index (χ2n) is 16.6. The van der Waals surface area contributed by atoms with Crippen molar-refractivity contribution < 1.29 is 38.6 Å². The highest BCUT2D eigenvalue weighted by Crippen LogP contribution is 2.34. The summed E-state index contributed by atoms with van der Waals surface area (Å²) < 4.78 is 6.75. The highest BCUT2D eigenvalue weighted by Gasteiger charge is 2.45. The molecule has 4 aromatic rings. The molecule has 0 bridgehead atoms. The summed E-state index contributed by atoms with van der Waals surface area (Å²) in [5.41, 5.74) is 5.69. The normalized spacial score (nSPS) is 17.9. The Morgan fingerprint density at radius 1 is 0.902 bits per heavy atom. The van der Waals surface area contributed by atoms with Crippen LogP contribution in [0.5, 0.6) is 0 Å². The molecule has 6 rings (SSSR count). The Hall–Kier alpha value is -6.16. The maximum absolute atomic E-state index is 15.0. The van der Waals surface area contributed by atoms with Crippen molar-refractivity contribution in [2.24, 2.45) is 11.7 Å². The lowest BCUT2D eigenvalue weighted by molar-refractivity contribution is -0.142. The first-order valence-electron chi connectivity index (χ1n) is 21.1. The Morgan fingerprint density at radius 3 is 2.36 bits per heavy atom. The Bertz CT molecular complexity index is 2180. The summed E-state index contributed by atoms with van der Waals surface area (Å²) in [5.74, 6) is -3.67. The van der Waals surface area contributed by atoms with Gasteiger partial charge in [0.25, 0.3) is 11.8 Å². The molecule has 4 atom stereocenters. The summed E-state index contributed by atoms with van der Waals surface area (Å²) >= 11 is 0. The molecular weight excluding hydrogens is 781 g/mol. The number of likely N-dealkylation sites (tertiary alicyclic amines) is 1. The molecule has 1 aliphatic carbocycles. The number of hydrogen-bond donors (Lipinski definition) is 5. The number of hydrogen-bond acceptors (Lipinski definition) is 10. The van der Waals surface area contributed by atoms with Crippen molar-refractivity contribution in [1.29, 1.82) is 0 Å². The van der Waals surface area contributed by atoms with E-state index in [0.29, 0.717) is 30.5 Å². The van der Waals surface area contributed by atoms with E-state index >= 15 is 0 Å². The second kappa shape index (κ2) is 20.4. The van der Waals surface area contributed by atoms with Crippen molar-refractivity contribution in [1.82, 2.24) is 35.8 Å². The number of aliphatic hydroxyl groups is 1. The van der Waals surface area contributed by atoms with Crippen LogP contribution < -0.4 is 21.7 Å². The van der Waals surface area contributed by atoms with Crippen LogP contribution in [0, 0.1) is 5.92 Å². The molecule has 61 heavy (non-hydrogen) atoms. The van der Waals surface area contributed by atoms with Gasteiger partial charge in [0.05, 0.1) is 24.0 Å². The third-order valence-corrected chi connectivity index (χ3v) is 11.6. The van der Waals surface area contributed by atoms with E-state index in [-0.39, 0.29) is 38.5 Å². The van der Waals surface area contributed by atoms with Gasteiger partial charge in [-0.05, 0) is 67.9 Å². The van der Waals surface area contributed by atoms with Gasteiger partial charge in [0, 0.05) is 25.1 Å². The fourth-order valence-corrected chi connectivity index (χ4v) is 8.42. The largest absolute Gasteiger partial charge is 0.445 e. The van der Waals surface area contributed by atoms with Crippen molar-refractivity contribution in [3.8, 4) is 0 Å². The lowest BCUT2D eigenvalue weighted by Crippen LogP contribution is -2.56. The lowest BCUT2D eigenvalue weighted by atomic mass is 9.84. The Balaban J connectivity index is 1.20. The first-order chi connectivity index (χ1) is 29.3. The average molecular weight is 837 g/mol. The number of primary amides is 1. The average Bonchev–Trinajstić information content (AvgIpc) is 3.94. The number of amides is 5. The van der Waals surface area contributed by atoms with Crippen molar-refractivity contribution >= 4 is 46.3 Å². The number of rotatable bonds is 18. The number of alkyl carbamates (subject to hydrolysis) is 1. The van der Waals surface area contributed by atoms with E-state index in [1.165, 1.54) is 15.8 Å². The maximum Gasteiger partial charge on any atom is 0.407 e. The molecule has 0 spiro atoms. The summed E-state index contributed by atoms with van der Waals surface area (Å²) in [5, 5.41) is 29.2. The molecule has 0 radical (unpaired) electrons. The van der Waals surface area contributed by atoms with Crippen LogP contribution in [0.4, 0.5) is 4.79 Å². The van der Waals surface area contributed by atoms with Crippen LogP contribution in [0.25, 0.3) is 10.8 Å². The number of Topliss-reactive ketones (excluding diaryl/α,β-unsaturated/α-hetero) is 1. The minimum Gasteiger partial charge on any atom is -0.445 e. The molecule has 2 heterocycles. The number of aromatic nitrogens is 3. The zero-order chi connectivity index (χ0) is 43.5. The number of ketones is 1. The van der Waals surface area contributed by atoms with Crippen molar-refractivity contribution in [3.63, 3.8) is 0 Å². The molecule has 2 fully saturated rings. The molecule has 1 aromatic heterocycles. The van der Waals surface area contributed by atoms with Crippen molar-refractivity contribution in [2.75, 3.05) is 13.1 Å². The molecule has 6 N–H and O–H groups in total. The van der Waals surface area contributed by atoms with Crippen LogP contribution in [-0.4, -0.2) is 91.7 Å². The molecule has 1 saturated carbocycles. The number of benzene rings is 3. The number of unbranched alkanes of at least 4 members (excludes halogenated alkanes) is 1. The quantitative estimate of drug-likeness (QED) is 0.0709. The molecule has 3 aromatic carbocycles. The van der Waals surface area contributed by atoms with Gasteiger partial charge in [0.1, 0.15) is 24.3 Å². The minimum atomic E-state index is -1.36. The van der Waals surface area contributed by atoms with Crippen LogP contribution in [0.1, 0.15) is 106 Å². The van der Waals surface area contributed by atoms with Crippen LogP contribution in [0.2, 0.25) is 0 Å². The van der Waals surface area contributed by atoms with E-state index < -0.39 is 65.3 Å². The van der Waals surface area contributed by atoms with Crippen LogP contribution in [-0.2, 0) is 36.1 Å². The van der Waals surface area contributed by atoms with Gasteiger partial charge in [-0.1, -0.05) is 104 Å². The summed E-state index contributed by atoms with van der Waals surface area (Å²) in [6, 6.07) is 18.0. The molecule has 1 aliphatic heterocycles. The number of ether oxygens (including phenoxy) is 1. The van der Waals surface area contributed by atoms with Gasteiger partial charge in [-0.3, -0.25) is 24.0 Å². The van der Waals surface area contributed by atoms with E-state index in [2.05, 4.69) is 26.3 Å². The van der Waals surface area contributed by atoms with Crippen molar-refractivity contribution in [2.45, 2.75) is 114 Å². The van der Waals surface area contributed by atoms with Gasteiger partial charge in [-0.25, -0.2) is 9.48 Å². The number of carbonyl (C=O) groups excluding carboxylic acids is 6. The summed E-state index contributed by atoms with van der Waals surface area (Å²) in [7, 11) is 0. The molecule has 5 amide bonds. The standard InChI is InChI=1S/C45H56N8O8/c1-45(2,60)38-26-48-51-53(38)32-25-37(42(57)49-35(39(54)40(46)55)22-11-12-23-47-44(59)61-28-30-16-7-4-8-17-30)52(27-32)43(58)36(24-29-14-5-3-6-15-29)50-41(56)34-21-13-19-31-18-9-10-20-33(31)34/h4,7-10,13,16-21,26,29,32,35-37,60H,3,5-6,11-12,14-15,22-25,27-28H2,1-2H3,(H2,46,55)(H,47,59)(H,49,57)(H,50,56)/t32-,35?,36+,37-/m0/s1. The highest BCUT2D eigenvalue weighted by molar-refractivity contribution is 6.37. The SMILES string of the molecule is CC(C)(O)c1cnnn1[C@H]1C[C@@H](C(=O)NC(CCCCNC(=O)OCc2ccccc2)C(=O)C(N)=O)N(C(=O)[C@@H](CC2CCCCC2)NC(=O)c2cccc3ccccc23)C1.